The number of ether oxygens (including phenoxy) is 1. The number of hydrogen-bond acceptors (Lipinski definition) is 5. The topological polar surface area (TPSA) is 70.0 Å². The molecule has 0 unspecified atom stereocenters. The van der Waals surface area contributed by atoms with E-state index in [1.54, 1.807) is 12.1 Å². The summed E-state index contributed by atoms with van der Waals surface area (Å²) in [5.74, 6) is -0.0228. The van der Waals surface area contributed by atoms with Crippen LogP contribution in [0.1, 0.15) is 11.1 Å². The normalized spacial score (nSPS) is 10.5. The van der Waals surface area contributed by atoms with E-state index in [1.165, 1.54) is 0 Å². The van der Waals surface area contributed by atoms with Crippen molar-refractivity contribution in [2.24, 2.45) is 0 Å². The molecule has 4 rings (SSSR count). The van der Waals surface area contributed by atoms with E-state index in [0.29, 0.717) is 5.75 Å². The highest BCUT2D eigenvalue weighted by atomic mass is 16.5. The maximum Gasteiger partial charge on any atom is 0.335 e. The Balaban J connectivity index is 1.65. The molecule has 0 saturated carbocycles. The number of carbonyl (C=O) groups is 1. The lowest BCUT2D eigenvalue weighted by molar-refractivity contribution is -0.128. The zero-order valence-electron chi connectivity index (χ0n) is 18.6. The average molecular weight is 452 g/mol. The molecule has 2 N–H and O–H groups in total. The molecule has 0 aliphatic carbocycles. The predicted molar refractivity (Wildman–Crippen MR) is 134 cm³/mol. The SMILES string of the molecule is C=CC(=O)Oc1ccc(-c2ccc(N(c3ccc(CO)cc3)c3ccc(CO)cc3)cc2)cc1. The van der Waals surface area contributed by atoms with E-state index in [-0.39, 0.29) is 13.2 Å². The number of anilines is 3. The van der Waals surface area contributed by atoms with Gasteiger partial charge in [-0.1, -0.05) is 55.1 Å². The van der Waals surface area contributed by atoms with Crippen molar-refractivity contribution in [2.45, 2.75) is 13.2 Å². The Labute approximate surface area is 198 Å². The van der Waals surface area contributed by atoms with Crippen LogP contribution in [0.15, 0.2) is 110 Å². The predicted octanol–water partition coefficient (Wildman–Crippen LogP) is 5.90. The lowest BCUT2D eigenvalue weighted by Crippen LogP contribution is -2.10. The maximum atomic E-state index is 11.4. The van der Waals surface area contributed by atoms with Crippen molar-refractivity contribution in [3.63, 3.8) is 0 Å². The second kappa shape index (κ2) is 10.6. The first kappa shape index (κ1) is 23.0. The Morgan fingerprint density at radius 2 is 1.06 bits per heavy atom. The van der Waals surface area contributed by atoms with Gasteiger partial charge in [0.2, 0.25) is 0 Å². The molecule has 0 aliphatic rings. The van der Waals surface area contributed by atoms with Crippen LogP contribution < -0.4 is 9.64 Å². The number of aliphatic hydroxyl groups excluding tert-OH is 2. The van der Waals surface area contributed by atoms with Crippen molar-refractivity contribution in [3.05, 3.63) is 121 Å². The monoisotopic (exact) mass is 451 g/mol. The minimum atomic E-state index is -0.490. The second-order valence-electron chi connectivity index (χ2n) is 7.68. The van der Waals surface area contributed by atoms with Crippen LogP contribution >= 0.6 is 0 Å². The molecule has 5 heteroatoms. The standard InChI is InChI=1S/C29H25NO4/c1-2-29(33)34-28-17-9-24(10-18-28)23-7-15-27(16-8-23)30(25-11-3-21(19-31)4-12-25)26-13-5-22(20-32)6-14-26/h2-18,31-32H,1,19-20H2. The summed E-state index contributed by atoms with van der Waals surface area (Å²) in [6.07, 6.45) is 1.13. The molecular formula is C29H25NO4. The number of hydrogen-bond donors (Lipinski definition) is 2. The van der Waals surface area contributed by atoms with Crippen molar-refractivity contribution in [1.29, 1.82) is 0 Å². The Bertz CT molecular complexity index is 1200. The second-order valence-corrected chi connectivity index (χ2v) is 7.68. The minimum absolute atomic E-state index is 0.00818. The largest absolute Gasteiger partial charge is 0.423 e. The zero-order chi connectivity index (χ0) is 23.9. The van der Waals surface area contributed by atoms with E-state index in [1.807, 2.05) is 84.9 Å². The van der Waals surface area contributed by atoms with E-state index < -0.39 is 5.97 Å². The molecule has 170 valence electrons. The van der Waals surface area contributed by atoms with Gasteiger partial charge in [0.25, 0.3) is 0 Å². The molecule has 4 aromatic rings. The molecule has 0 heterocycles. The summed E-state index contributed by atoms with van der Waals surface area (Å²) in [7, 11) is 0. The van der Waals surface area contributed by atoms with Crippen LogP contribution in [0.2, 0.25) is 0 Å². The fraction of sp³-hybridized carbons (Fsp3) is 0.0690. The first-order valence-corrected chi connectivity index (χ1v) is 10.9. The number of nitrogens with zero attached hydrogens (tertiary/aromatic N) is 1. The molecule has 0 radical (unpaired) electrons. The van der Waals surface area contributed by atoms with Gasteiger partial charge in [-0.3, -0.25) is 0 Å². The molecule has 0 saturated heterocycles. The van der Waals surface area contributed by atoms with Gasteiger partial charge in [0.15, 0.2) is 0 Å². The van der Waals surface area contributed by atoms with Crippen molar-refractivity contribution in [3.8, 4) is 16.9 Å². The number of aliphatic hydroxyl groups is 2. The highest BCUT2D eigenvalue weighted by Gasteiger charge is 2.13. The molecule has 0 spiro atoms. The van der Waals surface area contributed by atoms with Crippen LogP contribution in [-0.4, -0.2) is 16.2 Å². The summed E-state index contributed by atoms with van der Waals surface area (Å²) in [6, 6.07) is 31.0. The first-order chi connectivity index (χ1) is 16.6. The van der Waals surface area contributed by atoms with Gasteiger partial charge in [0, 0.05) is 23.1 Å². The smallest absolute Gasteiger partial charge is 0.335 e. The summed E-state index contributed by atoms with van der Waals surface area (Å²) >= 11 is 0. The van der Waals surface area contributed by atoms with Gasteiger partial charge in [-0.15, -0.1) is 0 Å². The van der Waals surface area contributed by atoms with Crippen LogP contribution in [0.4, 0.5) is 17.1 Å². The Kier molecular flexibility index (Phi) is 7.18. The molecular weight excluding hydrogens is 426 g/mol. The molecule has 0 fully saturated rings. The zero-order valence-corrected chi connectivity index (χ0v) is 18.6. The highest BCUT2D eigenvalue weighted by molar-refractivity contribution is 5.83. The van der Waals surface area contributed by atoms with Gasteiger partial charge in [0.05, 0.1) is 13.2 Å². The number of carbonyl (C=O) groups excluding carboxylic acids is 1. The van der Waals surface area contributed by atoms with Crippen LogP contribution in [0, 0.1) is 0 Å². The van der Waals surface area contributed by atoms with Crippen LogP contribution in [0.5, 0.6) is 5.75 Å². The molecule has 0 aromatic heterocycles. The van der Waals surface area contributed by atoms with Crippen molar-refractivity contribution < 1.29 is 19.7 Å². The summed E-state index contributed by atoms with van der Waals surface area (Å²) in [5, 5.41) is 18.8. The molecule has 34 heavy (non-hydrogen) atoms. The minimum Gasteiger partial charge on any atom is -0.423 e. The average Bonchev–Trinajstić information content (AvgIpc) is 2.90. The molecule has 5 nitrogen and oxygen atoms in total. The lowest BCUT2D eigenvalue weighted by Gasteiger charge is -2.26. The quantitative estimate of drug-likeness (QED) is 0.198. The third kappa shape index (κ3) is 5.23. The molecule has 0 amide bonds. The molecule has 0 bridgehead atoms. The Hall–Kier alpha value is -4.19. The van der Waals surface area contributed by atoms with Crippen LogP contribution in [-0.2, 0) is 18.0 Å². The molecule has 4 aromatic carbocycles. The van der Waals surface area contributed by atoms with E-state index in [9.17, 15) is 15.0 Å². The summed E-state index contributed by atoms with van der Waals surface area (Å²) < 4.78 is 5.14. The van der Waals surface area contributed by atoms with Gasteiger partial charge in [0.1, 0.15) is 5.75 Å². The highest BCUT2D eigenvalue weighted by Crippen LogP contribution is 2.36. The number of rotatable bonds is 8. The maximum absolute atomic E-state index is 11.4. The summed E-state index contributed by atoms with van der Waals surface area (Å²) in [4.78, 5) is 13.5. The summed E-state index contributed by atoms with van der Waals surface area (Å²) in [6.45, 7) is 3.39. The molecule has 0 atom stereocenters. The van der Waals surface area contributed by atoms with Crippen molar-refractivity contribution in [1.82, 2.24) is 0 Å². The van der Waals surface area contributed by atoms with Crippen LogP contribution in [0.3, 0.4) is 0 Å². The fourth-order valence-corrected chi connectivity index (χ4v) is 3.62. The number of benzene rings is 4. The van der Waals surface area contributed by atoms with Crippen molar-refractivity contribution >= 4 is 23.0 Å². The Morgan fingerprint density at radius 3 is 1.44 bits per heavy atom. The van der Waals surface area contributed by atoms with E-state index in [4.69, 9.17) is 4.74 Å². The van der Waals surface area contributed by atoms with Crippen LogP contribution in [0.25, 0.3) is 11.1 Å². The van der Waals surface area contributed by atoms with Gasteiger partial charge in [-0.2, -0.15) is 0 Å². The lowest BCUT2D eigenvalue weighted by atomic mass is 10.0. The summed E-state index contributed by atoms with van der Waals surface area (Å²) in [5.41, 5.74) is 6.58. The molecule has 0 aliphatic heterocycles. The first-order valence-electron chi connectivity index (χ1n) is 10.9. The van der Waals surface area contributed by atoms with E-state index in [0.717, 1.165) is 45.4 Å². The van der Waals surface area contributed by atoms with Gasteiger partial charge in [-0.05, 0) is 70.8 Å². The van der Waals surface area contributed by atoms with Gasteiger partial charge < -0.3 is 19.8 Å². The van der Waals surface area contributed by atoms with E-state index in [2.05, 4.69) is 11.5 Å². The number of esters is 1. The van der Waals surface area contributed by atoms with Gasteiger partial charge in [-0.25, -0.2) is 4.79 Å². The van der Waals surface area contributed by atoms with Gasteiger partial charge >= 0.3 is 5.97 Å². The third-order valence-electron chi connectivity index (χ3n) is 5.45. The van der Waals surface area contributed by atoms with E-state index >= 15 is 0 Å². The Morgan fingerprint density at radius 1 is 0.676 bits per heavy atom. The van der Waals surface area contributed by atoms with Crippen molar-refractivity contribution in [2.75, 3.05) is 4.90 Å². The third-order valence-corrected chi connectivity index (χ3v) is 5.45. The fourth-order valence-electron chi connectivity index (χ4n) is 3.62.